The molecule has 12 rings (SSSR count). The molecule has 302 valence electrons. The van der Waals surface area contributed by atoms with Crippen molar-refractivity contribution in [1.29, 1.82) is 0 Å². The van der Waals surface area contributed by atoms with E-state index in [9.17, 15) is 8.42 Å². The van der Waals surface area contributed by atoms with Gasteiger partial charge in [-0.3, -0.25) is 0 Å². The highest BCUT2D eigenvalue weighted by Gasteiger charge is 2.53. The van der Waals surface area contributed by atoms with Gasteiger partial charge in [0.15, 0.2) is 0 Å². The molecule has 3 heteroatoms. The number of hydrogen-bond donors (Lipinski definition) is 0. The largest absolute Gasteiger partial charge is 0.219 e. The third kappa shape index (κ3) is 5.03. The van der Waals surface area contributed by atoms with Crippen LogP contribution in [-0.4, -0.2) is 8.42 Å². The maximum atomic E-state index is 14.6. The van der Waals surface area contributed by atoms with E-state index in [1.54, 1.807) is 24.3 Å². The molecule has 2 atom stereocenters. The van der Waals surface area contributed by atoms with Gasteiger partial charge in [-0.15, -0.1) is 0 Å². The molecule has 0 amide bonds. The van der Waals surface area contributed by atoms with Crippen molar-refractivity contribution in [3.05, 3.63) is 268 Å². The predicted octanol–water partition coefficient (Wildman–Crippen LogP) is 13.8. The third-order valence-electron chi connectivity index (χ3n) is 14.6. The molecular weight excluding hydrogens is 785 g/mol. The van der Waals surface area contributed by atoms with Crippen LogP contribution in [0.1, 0.15) is 68.1 Å². The number of sulfone groups is 1. The summed E-state index contributed by atoms with van der Waals surface area (Å²) >= 11 is 0. The smallest absolute Gasteiger partial charge is 0.206 e. The number of rotatable bonds is 7. The van der Waals surface area contributed by atoms with Gasteiger partial charge in [-0.25, -0.2) is 8.42 Å². The van der Waals surface area contributed by atoms with Crippen molar-refractivity contribution in [3.63, 3.8) is 0 Å². The van der Waals surface area contributed by atoms with Crippen LogP contribution in [0.4, 0.5) is 0 Å². The molecule has 8 aromatic carbocycles. The number of allylic oxidation sites excluding steroid dienone is 5. The van der Waals surface area contributed by atoms with E-state index in [-0.39, 0.29) is 5.41 Å². The molecule has 0 N–H and O–H groups in total. The van der Waals surface area contributed by atoms with Crippen LogP contribution < -0.4 is 0 Å². The first-order chi connectivity index (χ1) is 30.8. The van der Waals surface area contributed by atoms with Gasteiger partial charge < -0.3 is 0 Å². The molecule has 0 bridgehead atoms. The van der Waals surface area contributed by atoms with Crippen LogP contribution in [0, 0.1) is 6.92 Å². The van der Waals surface area contributed by atoms with E-state index in [2.05, 4.69) is 160 Å². The minimum atomic E-state index is -3.84. The van der Waals surface area contributed by atoms with Crippen molar-refractivity contribution in [3.8, 4) is 33.4 Å². The minimum absolute atomic E-state index is 0.301. The Balaban J connectivity index is 0.878. The average molecular weight is 829 g/mol. The molecule has 0 aromatic heterocycles. The second-order valence-electron chi connectivity index (χ2n) is 17.6. The number of benzene rings is 8. The molecule has 2 spiro atoms. The van der Waals surface area contributed by atoms with Gasteiger partial charge in [-0.05, 0) is 151 Å². The van der Waals surface area contributed by atoms with E-state index in [1.807, 2.05) is 30.3 Å². The van der Waals surface area contributed by atoms with Crippen LogP contribution in [0.2, 0.25) is 0 Å². The van der Waals surface area contributed by atoms with Gasteiger partial charge in [-0.1, -0.05) is 182 Å². The third-order valence-corrected chi connectivity index (χ3v) is 16.3. The fourth-order valence-corrected chi connectivity index (χ4v) is 13.2. The molecule has 0 saturated heterocycles. The van der Waals surface area contributed by atoms with E-state index in [4.69, 9.17) is 0 Å². The molecule has 0 saturated carbocycles. The Kier molecular flexibility index (Phi) is 8.20. The van der Waals surface area contributed by atoms with Crippen molar-refractivity contribution < 1.29 is 8.42 Å². The van der Waals surface area contributed by atoms with Crippen LogP contribution in [0.5, 0.6) is 0 Å². The summed E-state index contributed by atoms with van der Waals surface area (Å²) < 4.78 is 29.2. The van der Waals surface area contributed by atoms with Gasteiger partial charge in [0.25, 0.3) is 0 Å². The van der Waals surface area contributed by atoms with Crippen LogP contribution in [0.3, 0.4) is 0 Å². The normalized spacial score (nSPS) is 18.3. The lowest BCUT2D eigenvalue weighted by atomic mass is 9.70. The Morgan fingerprint density at radius 3 is 1.51 bits per heavy atom. The molecule has 4 aliphatic rings. The van der Waals surface area contributed by atoms with Crippen LogP contribution in [0.15, 0.2) is 216 Å². The lowest BCUT2D eigenvalue weighted by molar-refractivity contribution is 0.595. The Hall–Kier alpha value is -7.07. The predicted molar refractivity (Wildman–Crippen MR) is 257 cm³/mol. The van der Waals surface area contributed by atoms with Crippen molar-refractivity contribution in [2.45, 2.75) is 47.3 Å². The summed E-state index contributed by atoms with van der Waals surface area (Å²) in [5.74, 6) is 0. The van der Waals surface area contributed by atoms with Crippen LogP contribution in [-0.2, 0) is 33.5 Å². The molecular formula is C60H44O2S. The minimum Gasteiger partial charge on any atom is -0.219 e. The quantitative estimate of drug-likeness (QED) is 0.150. The zero-order chi connectivity index (χ0) is 42.7. The van der Waals surface area contributed by atoms with Crippen molar-refractivity contribution >= 4 is 15.4 Å². The average Bonchev–Trinajstić information content (AvgIpc) is 3.98. The maximum absolute atomic E-state index is 14.6. The van der Waals surface area contributed by atoms with E-state index in [0.717, 1.165) is 46.2 Å². The zero-order valence-electron chi connectivity index (χ0n) is 35.3. The first-order valence-electron chi connectivity index (χ1n) is 21.9. The van der Waals surface area contributed by atoms with Gasteiger partial charge in [-0.2, -0.15) is 0 Å². The summed E-state index contributed by atoms with van der Waals surface area (Å²) in [4.78, 5) is 0.607. The van der Waals surface area contributed by atoms with Crippen molar-refractivity contribution in [2.75, 3.05) is 0 Å². The number of hydrogen-bond acceptors (Lipinski definition) is 2. The Morgan fingerprint density at radius 1 is 0.444 bits per heavy atom. The molecule has 8 aromatic rings. The zero-order valence-corrected chi connectivity index (χ0v) is 36.1. The van der Waals surface area contributed by atoms with E-state index < -0.39 is 15.3 Å². The van der Waals surface area contributed by atoms with Gasteiger partial charge in [0.05, 0.1) is 20.6 Å². The lowest BCUT2D eigenvalue weighted by Gasteiger charge is -2.31. The highest BCUT2D eigenvalue weighted by molar-refractivity contribution is 7.91. The molecule has 4 aliphatic carbocycles. The van der Waals surface area contributed by atoms with Crippen LogP contribution >= 0.6 is 0 Å². The summed E-state index contributed by atoms with van der Waals surface area (Å²) in [6.45, 7) is 8.32. The molecule has 2 unspecified atom stereocenters. The highest BCUT2D eigenvalue weighted by Crippen LogP contribution is 2.64. The monoisotopic (exact) mass is 828 g/mol. The Bertz CT molecular complexity index is 3440. The standard InChI is InChI=1S/C60H44O2S/c1-4-5-14-44-39(3)59(52-19-10-6-15-45(44)52)53-20-11-7-16-46(53)51-34-31-43(37-58(51)59)63(61,62)42-29-26-40(27-30-42)24-25-41-28-33-50-48-18-9-13-22-55(48)60(57(50)36-41)54-21-12-8-17-47(54)49-32-23-38(2)35-56(49)60/h4-23,26-37H,1,24-25H2,2-3H3/b14-5-. The maximum Gasteiger partial charge on any atom is 0.206 e. The topological polar surface area (TPSA) is 34.1 Å². The highest BCUT2D eigenvalue weighted by atomic mass is 32.2. The fraction of sp³-hybridized carbons (Fsp3) is 0.100. The first kappa shape index (κ1) is 37.7. The van der Waals surface area contributed by atoms with Gasteiger partial charge >= 0.3 is 0 Å². The molecule has 0 radical (unpaired) electrons. The first-order valence-corrected chi connectivity index (χ1v) is 23.4. The second kappa shape index (κ2) is 13.7. The molecule has 63 heavy (non-hydrogen) atoms. The van der Waals surface area contributed by atoms with Gasteiger partial charge in [0, 0.05) is 0 Å². The SMILES string of the molecule is C=C/C=C\C1=C(C)C2(c3ccccc31)c1ccccc1-c1ccc(S(=O)(=O)c3ccc(CCc4ccc5c(c4)C4(c6ccccc6-c6ccc(C)cc64)c4ccccc4-5)cc3)cc12. The summed E-state index contributed by atoms with van der Waals surface area (Å²) in [5.41, 5.74) is 22.3. The number of fused-ring (bicyclic) bond motifs is 17. The Labute approximate surface area is 370 Å². The molecule has 0 aliphatic heterocycles. The summed E-state index contributed by atoms with van der Waals surface area (Å²) in [7, 11) is -3.84. The van der Waals surface area contributed by atoms with Gasteiger partial charge in [0.2, 0.25) is 9.84 Å². The van der Waals surface area contributed by atoms with E-state index in [1.165, 1.54) is 72.3 Å². The van der Waals surface area contributed by atoms with E-state index in [0.29, 0.717) is 9.79 Å². The lowest BCUT2D eigenvalue weighted by Crippen LogP contribution is -2.26. The molecule has 0 heterocycles. The fourth-order valence-electron chi connectivity index (χ4n) is 11.9. The van der Waals surface area contributed by atoms with Gasteiger partial charge in [0.1, 0.15) is 0 Å². The second-order valence-corrected chi connectivity index (χ2v) is 19.5. The number of aryl methyl sites for hydroxylation is 3. The Morgan fingerprint density at radius 2 is 0.889 bits per heavy atom. The van der Waals surface area contributed by atoms with Crippen molar-refractivity contribution in [2.24, 2.45) is 0 Å². The summed E-state index contributed by atoms with van der Waals surface area (Å²) in [6, 6.07) is 62.2. The molecule has 0 fully saturated rings. The molecule has 2 nitrogen and oxygen atoms in total. The van der Waals surface area contributed by atoms with Crippen LogP contribution in [0.25, 0.3) is 39.0 Å². The van der Waals surface area contributed by atoms with E-state index >= 15 is 0 Å². The van der Waals surface area contributed by atoms with Crippen molar-refractivity contribution in [1.82, 2.24) is 0 Å². The summed E-state index contributed by atoms with van der Waals surface area (Å²) in [6.07, 6.45) is 7.54. The summed E-state index contributed by atoms with van der Waals surface area (Å²) in [5, 5.41) is 0.